The summed E-state index contributed by atoms with van der Waals surface area (Å²) < 4.78 is 19.8. The minimum absolute atomic E-state index is 0.0650. The lowest BCUT2D eigenvalue weighted by molar-refractivity contribution is 0.0387. The van der Waals surface area contributed by atoms with E-state index >= 15 is 0 Å². The molecule has 2 atom stereocenters. The van der Waals surface area contributed by atoms with Gasteiger partial charge in [-0.1, -0.05) is 25.1 Å². The van der Waals surface area contributed by atoms with Crippen LogP contribution in [0, 0.1) is 18.7 Å². The second-order valence-corrected chi connectivity index (χ2v) is 4.99. The Balaban J connectivity index is 2.25. The van der Waals surface area contributed by atoms with Gasteiger partial charge >= 0.3 is 0 Å². The molecule has 0 radical (unpaired) electrons. The van der Waals surface area contributed by atoms with Crippen molar-refractivity contribution in [1.82, 2.24) is 5.32 Å². The normalized spacial score (nSPS) is 21.8. The Hall–Kier alpha value is -0.930. The van der Waals surface area contributed by atoms with Gasteiger partial charge in [-0.15, -0.1) is 0 Å². The summed E-state index contributed by atoms with van der Waals surface area (Å²) in [5.74, 6) is 0.295. The van der Waals surface area contributed by atoms with Gasteiger partial charge < -0.3 is 10.1 Å². The van der Waals surface area contributed by atoms with Crippen LogP contribution in [-0.4, -0.2) is 19.8 Å². The molecule has 1 aliphatic heterocycles. The molecule has 18 heavy (non-hydrogen) atoms. The molecule has 0 saturated carbocycles. The minimum atomic E-state index is -0.0750. The second kappa shape index (κ2) is 6.30. The molecule has 0 spiro atoms. The number of hydrogen-bond donors (Lipinski definition) is 1. The molecule has 2 unspecified atom stereocenters. The first-order valence-corrected chi connectivity index (χ1v) is 6.80. The van der Waals surface area contributed by atoms with E-state index in [4.69, 9.17) is 4.74 Å². The van der Waals surface area contributed by atoms with Crippen LogP contribution in [0.3, 0.4) is 0 Å². The zero-order valence-electron chi connectivity index (χ0n) is 11.2. The lowest BCUT2D eigenvalue weighted by Crippen LogP contribution is -2.34. The number of benzene rings is 1. The third kappa shape index (κ3) is 2.90. The molecule has 2 rings (SSSR count). The van der Waals surface area contributed by atoms with Gasteiger partial charge in [0.15, 0.2) is 0 Å². The van der Waals surface area contributed by atoms with Crippen molar-refractivity contribution in [2.75, 3.05) is 19.8 Å². The molecule has 1 aliphatic rings. The summed E-state index contributed by atoms with van der Waals surface area (Å²) in [4.78, 5) is 0. The largest absolute Gasteiger partial charge is 0.381 e. The van der Waals surface area contributed by atoms with Crippen molar-refractivity contribution in [3.05, 3.63) is 35.1 Å². The summed E-state index contributed by atoms with van der Waals surface area (Å²) in [6.07, 6.45) is 2.17. The van der Waals surface area contributed by atoms with Crippen LogP contribution in [0.15, 0.2) is 18.2 Å². The number of nitrogens with one attached hydrogen (secondary N) is 1. The summed E-state index contributed by atoms with van der Waals surface area (Å²) in [5.41, 5.74) is 1.50. The van der Waals surface area contributed by atoms with Crippen molar-refractivity contribution in [3.63, 3.8) is 0 Å². The van der Waals surface area contributed by atoms with Gasteiger partial charge in [0.1, 0.15) is 5.82 Å². The highest BCUT2D eigenvalue weighted by Crippen LogP contribution is 2.31. The molecule has 100 valence electrons. The van der Waals surface area contributed by atoms with E-state index in [1.807, 2.05) is 25.1 Å². The van der Waals surface area contributed by atoms with Crippen LogP contribution in [0.1, 0.15) is 36.9 Å². The number of rotatable bonds is 4. The van der Waals surface area contributed by atoms with Gasteiger partial charge in [0, 0.05) is 24.1 Å². The first-order valence-electron chi connectivity index (χ1n) is 6.80. The van der Waals surface area contributed by atoms with E-state index in [2.05, 4.69) is 12.2 Å². The lowest BCUT2D eigenvalue weighted by atomic mass is 9.87. The summed E-state index contributed by atoms with van der Waals surface area (Å²) in [6.45, 7) is 6.29. The van der Waals surface area contributed by atoms with Crippen molar-refractivity contribution in [2.45, 2.75) is 32.7 Å². The van der Waals surface area contributed by atoms with E-state index in [0.29, 0.717) is 11.5 Å². The van der Waals surface area contributed by atoms with E-state index in [0.717, 1.165) is 38.2 Å². The zero-order valence-corrected chi connectivity index (χ0v) is 11.2. The fourth-order valence-electron chi connectivity index (χ4n) is 2.69. The molecule has 1 aromatic rings. The Morgan fingerprint density at radius 3 is 3.00 bits per heavy atom. The molecular weight excluding hydrogens is 229 g/mol. The average Bonchev–Trinajstić information content (AvgIpc) is 2.41. The highest BCUT2D eigenvalue weighted by molar-refractivity contribution is 5.28. The summed E-state index contributed by atoms with van der Waals surface area (Å²) in [5, 5.41) is 3.42. The molecule has 1 aromatic carbocycles. The lowest BCUT2D eigenvalue weighted by Gasteiger charge is -2.31. The number of ether oxygens (including phenoxy) is 1. The first-order chi connectivity index (χ1) is 8.74. The summed E-state index contributed by atoms with van der Waals surface area (Å²) in [7, 11) is 0. The maximum Gasteiger partial charge on any atom is 0.130 e. The number of halogens is 1. The quantitative estimate of drug-likeness (QED) is 0.887. The number of hydrogen-bond acceptors (Lipinski definition) is 2. The van der Waals surface area contributed by atoms with Crippen molar-refractivity contribution < 1.29 is 9.13 Å². The second-order valence-electron chi connectivity index (χ2n) is 4.99. The summed E-state index contributed by atoms with van der Waals surface area (Å²) in [6, 6.07) is 5.71. The standard InChI is InChI=1S/C15H22FNO/c1-3-17-15(12-7-5-9-18-10-12)13-8-4-6-11(2)14(13)16/h4,6,8,12,15,17H,3,5,7,9-10H2,1-2H3. The molecule has 2 nitrogen and oxygen atoms in total. The molecular formula is C15H22FNO. The molecule has 0 aromatic heterocycles. The van der Waals surface area contributed by atoms with Crippen LogP contribution < -0.4 is 5.32 Å². The van der Waals surface area contributed by atoms with E-state index in [9.17, 15) is 4.39 Å². The van der Waals surface area contributed by atoms with Gasteiger partial charge in [0.2, 0.25) is 0 Å². The van der Waals surface area contributed by atoms with Crippen molar-refractivity contribution in [2.24, 2.45) is 5.92 Å². The molecule has 1 saturated heterocycles. The molecule has 0 aliphatic carbocycles. The fraction of sp³-hybridized carbons (Fsp3) is 0.600. The molecule has 0 amide bonds. The Kier molecular flexibility index (Phi) is 4.72. The predicted molar refractivity (Wildman–Crippen MR) is 71.1 cm³/mol. The maximum atomic E-state index is 14.2. The van der Waals surface area contributed by atoms with Crippen molar-refractivity contribution >= 4 is 0 Å². The smallest absolute Gasteiger partial charge is 0.130 e. The fourth-order valence-corrected chi connectivity index (χ4v) is 2.69. The van der Waals surface area contributed by atoms with Crippen LogP contribution in [0.25, 0.3) is 0 Å². The first kappa shape index (κ1) is 13.5. The SMILES string of the molecule is CCNC(c1cccc(C)c1F)C1CCCOC1. The van der Waals surface area contributed by atoms with Gasteiger partial charge in [-0.25, -0.2) is 4.39 Å². The van der Waals surface area contributed by atoms with Gasteiger partial charge in [-0.2, -0.15) is 0 Å². The average molecular weight is 251 g/mol. The Morgan fingerprint density at radius 1 is 1.50 bits per heavy atom. The van der Waals surface area contributed by atoms with Gasteiger partial charge in [0.05, 0.1) is 6.61 Å². The van der Waals surface area contributed by atoms with Gasteiger partial charge in [0.25, 0.3) is 0 Å². The highest BCUT2D eigenvalue weighted by atomic mass is 19.1. The molecule has 1 N–H and O–H groups in total. The number of aryl methyl sites for hydroxylation is 1. The van der Waals surface area contributed by atoms with E-state index < -0.39 is 0 Å². The highest BCUT2D eigenvalue weighted by Gasteiger charge is 2.27. The van der Waals surface area contributed by atoms with E-state index in [-0.39, 0.29) is 11.9 Å². The molecule has 0 bridgehead atoms. The van der Waals surface area contributed by atoms with Gasteiger partial charge in [-0.3, -0.25) is 0 Å². The Labute approximate surface area is 109 Å². The topological polar surface area (TPSA) is 21.3 Å². The zero-order chi connectivity index (χ0) is 13.0. The molecule has 3 heteroatoms. The maximum absolute atomic E-state index is 14.2. The Morgan fingerprint density at radius 2 is 2.33 bits per heavy atom. The third-order valence-corrected chi connectivity index (χ3v) is 3.65. The van der Waals surface area contributed by atoms with Crippen molar-refractivity contribution in [3.8, 4) is 0 Å². The third-order valence-electron chi connectivity index (χ3n) is 3.65. The van der Waals surface area contributed by atoms with Crippen LogP contribution in [-0.2, 0) is 4.74 Å². The Bertz CT molecular complexity index is 388. The molecule has 1 fully saturated rings. The van der Waals surface area contributed by atoms with Crippen LogP contribution in [0.5, 0.6) is 0 Å². The monoisotopic (exact) mass is 251 g/mol. The van der Waals surface area contributed by atoms with Crippen LogP contribution in [0.2, 0.25) is 0 Å². The van der Waals surface area contributed by atoms with Gasteiger partial charge in [-0.05, 0) is 31.9 Å². The van der Waals surface area contributed by atoms with Crippen LogP contribution in [0.4, 0.5) is 4.39 Å². The van der Waals surface area contributed by atoms with E-state index in [1.165, 1.54) is 0 Å². The predicted octanol–water partition coefficient (Wildman–Crippen LogP) is 3.21. The molecule has 1 heterocycles. The van der Waals surface area contributed by atoms with E-state index in [1.54, 1.807) is 0 Å². The van der Waals surface area contributed by atoms with Crippen LogP contribution >= 0.6 is 0 Å². The minimum Gasteiger partial charge on any atom is -0.381 e. The van der Waals surface area contributed by atoms with Crippen molar-refractivity contribution in [1.29, 1.82) is 0 Å². The summed E-state index contributed by atoms with van der Waals surface area (Å²) >= 11 is 0.